The lowest BCUT2D eigenvalue weighted by atomic mass is 10.2. The Kier molecular flexibility index (Phi) is 5.65. The summed E-state index contributed by atoms with van der Waals surface area (Å²) >= 11 is 1.78. The Hall–Kier alpha value is -1.20. The zero-order chi connectivity index (χ0) is 10.9. The molecule has 1 aromatic carbocycles. The summed E-state index contributed by atoms with van der Waals surface area (Å²) in [4.78, 5) is 2.57. The molecule has 0 aromatic heterocycles. The molecule has 0 amide bonds. The van der Waals surface area contributed by atoms with E-state index in [-0.39, 0.29) is 0 Å². The van der Waals surface area contributed by atoms with Crippen molar-refractivity contribution < 1.29 is 0 Å². The molecule has 2 heteroatoms. The normalized spacial score (nSPS) is 11.1. The third-order valence-electron chi connectivity index (χ3n) is 1.95. The first-order valence-corrected chi connectivity index (χ1v) is 5.91. The van der Waals surface area contributed by atoms with Crippen LogP contribution in [0, 0.1) is 11.3 Å². The van der Waals surface area contributed by atoms with Crippen LogP contribution in [0.5, 0.6) is 0 Å². The van der Waals surface area contributed by atoms with E-state index in [2.05, 4.69) is 31.2 Å². The van der Waals surface area contributed by atoms with Crippen LogP contribution in [0.3, 0.4) is 0 Å². The highest BCUT2D eigenvalue weighted by atomic mass is 32.2. The number of benzene rings is 1. The topological polar surface area (TPSA) is 23.8 Å². The average Bonchev–Trinajstić information content (AvgIpc) is 2.26. The van der Waals surface area contributed by atoms with E-state index in [9.17, 15) is 0 Å². The number of nitriles is 1. The van der Waals surface area contributed by atoms with E-state index in [1.54, 1.807) is 11.8 Å². The zero-order valence-corrected chi connectivity index (χ0v) is 9.76. The van der Waals surface area contributed by atoms with Gasteiger partial charge in [0.15, 0.2) is 0 Å². The lowest BCUT2D eigenvalue weighted by molar-refractivity contribution is 0.874. The van der Waals surface area contributed by atoms with Gasteiger partial charge in [0.25, 0.3) is 0 Å². The molecule has 0 aliphatic carbocycles. The van der Waals surface area contributed by atoms with Crippen molar-refractivity contribution >= 4 is 11.8 Å². The minimum absolute atomic E-state index is 0.653. The second-order valence-corrected chi connectivity index (χ2v) is 4.60. The molecule has 78 valence electrons. The predicted octanol–water partition coefficient (Wildman–Crippen LogP) is 4.38. The van der Waals surface area contributed by atoms with E-state index < -0.39 is 0 Å². The van der Waals surface area contributed by atoms with Gasteiger partial charge in [0.2, 0.25) is 0 Å². The van der Waals surface area contributed by atoms with Crippen LogP contribution >= 0.6 is 11.8 Å². The maximum Gasteiger partial charge on any atom is 0.0621 e. The largest absolute Gasteiger partial charge is 0.198 e. The fourth-order valence-corrected chi connectivity index (χ4v) is 2.07. The lowest BCUT2D eigenvalue weighted by Crippen LogP contribution is -1.74. The Bertz CT molecular complexity index is 349. The number of unbranched alkanes of at least 4 members (excludes halogenated alkanes) is 2. The molecular formula is C13H15NS. The fourth-order valence-electron chi connectivity index (χ4n) is 1.20. The van der Waals surface area contributed by atoms with Gasteiger partial charge < -0.3 is 0 Å². The molecule has 15 heavy (non-hydrogen) atoms. The maximum absolute atomic E-state index is 8.39. The summed E-state index contributed by atoms with van der Waals surface area (Å²) in [5.74, 6) is 0. The standard InChI is InChI=1S/C13H15NS/c1-12(8-4-3-7-11-14)15-13-9-5-2-6-10-13/h2,5-6,8-10H,3-4,7H2,1H3/b12-8+. The molecule has 0 spiro atoms. The Balaban J connectivity index is 2.36. The van der Waals surface area contributed by atoms with Crippen LogP contribution in [-0.2, 0) is 0 Å². The van der Waals surface area contributed by atoms with Crippen molar-refractivity contribution in [1.82, 2.24) is 0 Å². The van der Waals surface area contributed by atoms with Crippen LogP contribution in [0.15, 0.2) is 46.2 Å². The molecule has 0 radical (unpaired) electrons. The van der Waals surface area contributed by atoms with Gasteiger partial charge in [-0.2, -0.15) is 5.26 Å². The van der Waals surface area contributed by atoms with E-state index in [0.717, 1.165) is 12.8 Å². The summed E-state index contributed by atoms with van der Waals surface area (Å²) in [6, 6.07) is 12.5. The molecule has 0 aliphatic rings. The van der Waals surface area contributed by atoms with Gasteiger partial charge in [-0.25, -0.2) is 0 Å². The predicted molar refractivity (Wildman–Crippen MR) is 65.5 cm³/mol. The third kappa shape index (κ3) is 5.29. The molecule has 0 aliphatic heterocycles. The molecule has 1 nitrogen and oxygen atoms in total. The van der Waals surface area contributed by atoms with Gasteiger partial charge in [-0.15, -0.1) is 0 Å². The highest BCUT2D eigenvalue weighted by Crippen LogP contribution is 2.25. The number of allylic oxidation sites excluding steroid dienone is 2. The summed E-state index contributed by atoms with van der Waals surface area (Å²) in [5.41, 5.74) is 0. The van der Waals surface area contributed by atoms with Crippen LogP contribution in [-0.4, -0.2) is 0 Å². The molecule has 0 saturated carbocycles. The second-order valence-electron chi connectivity index (χ2n) is 3.28. The molecule has 0 unspecified atom stereocenters. The van der Waals surface area contributed by atoms with Crippen LogP contribution in [0.2, 0.25) is 0 Å². The van der Waals surface area contributed by atoms with Crippen molar-refractivity contribution in [3.8, 4) is 6.07 Å². The fraction of sp³-hybridized carbons (Fsp3) is 0.308. The summed E-state index contributed by atoms with van der Waals surface area (Å²) < 4.78 is 0. The van der Waals surface area contributed by atoms with Gasteiger partial charge in [0.05, 0.1) is 6.07 Å². The van der Waals surface area contributed by atoms with Crippen LogP contribution in [0.25, 0.3) is 0 Å². The smallest absolute Gasteiger partial charge is 0.0621 e. The minimum Gasteiger partial charge on any atom is -0.198 e. The number of thioether (sulfide) groups is 1. The van der Waals surface area contributed by atoms with Gasteiger partial charge in [-0.1, -0.05) is 36.0 Å². The van der Waals surface area contributed by atoms with Gasteiger partial charge in [-0.3, -0.25) is 0 Å². The van der Waals surface area contributed by atoms with Gasteiger partial charge >= 0.3 is 0 Å². The molecule has 0 N–H and O–H groups in total. The second kappa shape index (κ2) is 7.14. The van der Waals surface area contributed by atoms with E-state index in [1.807, 2.05) is 18.2 Å². The Labute approximate surface area is 95.8 Å². The molecule has 0 heterocycles. The summed E-state index contributed by atoms with van der Waals surface area (Å²) in [6.07, 6.45) is 4.82. The third-order valence-corrected chi connectivity index (χ3v) is 2.94. The first-order chi connectivity index (χ1) is 7.33. The molecule has 1 rings (SSSR count). The van der Waals surface area contributed by atoms with Crippen LogP contribution in [0.1, 0.15) is 26.2 Å². The monoisotopic (exact) mass is 217 g/mol. The summed E-state index contributed by atoms with van der Waals surface area (Å²) in [5, 5.41) is 8.39. The minimum atomic E-state index is 0.653. The maximum atomic E-state index is 8.39. The van der Waals surface area contributed by atoms with Crippen molar-refractivity contribution in [1.29, 1.82) is 5.26 Å². The quantitative estimate of drug-likeness (QED) is 0.540. The molecule has 0 saturated heterocycles. The Morgan fingerprint density at radius 2 is 2.13 bits per heavy atom. The van der Waals surface area contributed by atoms with Crippen molar-refractivity contribution in [3.63, 3.8) is 0 Å². The van der Waals surface area contributed by atoms with E-state index >= 15 is 0 Å². The first kappa shape index (κ1) is 11.9. The van der Waals surface area contributed by atoms with Gasteiger partial charge in [0.1, 0.15) is 0 Å². The van der Waals surface area contributed by atoms with Crippen LogP contribution in [0.4, 0.5) is 0 Å². The SMILES string of the molecule is C/C(=C\CCCC#N)Sc1ccccc1. The molecular weight excluding hydrogens is 202 g/mol. The van der Waals surface area contributed by atoms with E-state index in [4.69, 9.17) is 5.26 Å². The molecule has 0 bridgehead atoms. The summed E-state index contributed by atoms with van der Waals surface area (Å²) in [6.45, 7) is 2.12. The van der Waals surface area contributed by atoms with Crippen molar-refractivity contribution in [2.24, 2.45) is 0 Å². The number of hydrogen-bond donors (Lipinski definition) is 0. The van der Waals surface area contributed by atoms with Crippen molar-refractivity contribution in [2.75, 3.05) is 0 Å². The summed E-state index contributed by atoms with van der Waals surface area (Å²) in [7, 11) is 0. The van der Waals surface area contributed by atoms with E-state index in [1.165, 1.54) is 9.80 Å². The number of nitrogens with zero attached hydrogens (tertiary/aromatic N) is 1. The van der Waals surface area contributed by atoms with Crippen molar-refractivity contribution in [3.05, 3.63) is 41.3 Å². The Morgan fingerprint density at radius 3 is 2.80 bits per heavy atom. The Morgan fingerprint density at radius 1 is 1.40 bits per heavy atom. The molecule has 0 atom stereocenters. The van der Waals surface area contributed by atoms with Gasteiger partial charge in [-0.05, 0) is 36.8 Å². The lowest BCUT2D eigenvalue weighted by Gasteiger charge is -2.00. The first-order valence-electron chi connectivity index (χ1n) is 5.09. The molecule has 1 aromatic rings. The van der Waals surface area contributed by atoms with Crippen molar-refractivity contribution in [2.45, 2.75) is 31.1 Å². The molecule has 0 fully saturated rings. The number of hydrogen-bond acceptors (Lipinski definition) is 2. The van der Waals surface area contributed by atoms with E-state index in [0.29, 0.717) is 6.42 Å². The highest BCUT2D eigenvalue weighted by Gasteiger charge is 1.93. The van der Waals surface area contributed by atoms with Gasteiger partial charge in [0, 0.05) is 11.3 Å². The number of rotatable bonds is 5. The zero-order valence-electron chi connectivity index (χ0n) is 8.94. The average molecular weight is 217 g/mol. The van der Waals surface area contributed by atoms with Crippen LogP contribution < -0.4 is 0 Å². The highest BCUT2D eigenvalue weighted by molar-refractivity contribution is 8.03.